The Kier molecular flexibility index (Phi) is 4.73. The van der Waals surface area contributed by atoms with Gasteiger partial charge in [-0.25, -0.2) is 13.4 Å². The van der Waals surface area contributed by atoms with E-state index >= 15 is 0 Å². The van der Waals surface area contributed by atoms with Gasteiger partial charge in [-0.05, 0) is 17.7 Å². The molecule has 0 aliphatic carbocycles. The van der Waals surface area contributed by atoms with Crippen LogP contribution >= 0.6 is 11.3 Å². The maximum atomic E-state index is 12.3. The van der Waals surface area contributed by atoms with Crippen molar-refractivity contribution in [3.8, 4) is 0 Å². The molecule has 0 bridgehead atoms. The number of rotatable bonds is 6. The van der Waals surface area contributed by atoms with Gasteiger partial charge < -0.3 is 5.32 Å². The second-order valence-corrected chi connectivity index (χ2v) is 7.90. The van der Waals surface area contributed by atoms with Crippen LogP contribution in [0.2, 0.25) is 0 Å². The molecule has 23 heavy (non-hydrogen) atoms. The smallest absolute Gasteiger partial charge is 0.184 e. The molecule has 0 radical (unpaired) electrons. The van der Waals surface area contributed by atoms with E-state index in [0.29, 0.717) is 17.1 Å². The van der Waals surface area contributed by atoms with Crippen LogP contribution in [-0.4, -0.2) is 13.4 Å². The molecule has 0 aliphatic heterocycles. The van der Waals surface area contributed by atoms with Crippen LogP contribution < -0.4 is 5.32 Å². The summed E-state index contributed by atoms with van der Waals surface area (Å²) in [6, 6.07) is 18.5. The van der Waals surface area contributed by atoms with Crippen LogP contribution in [0.1, 0.15) is 11.3 Å². The predicted molar refractivity (Wildman–Crippen MR) is 93.2 cm³/mol. The van der Waals surface area contributed by atoms with Crippen molar-refractivity contribution in [2.75, 3.05) is 5.32 Å². The van der Waals surface area contributed by atoms with E-state index in [4.69, 9.17) is 0 Å². The van der Waals surface area contributed by atoms with Gasteiger partial charge in [-0.3, -0.25) is 0 Å². The molecule has 0 fully saturated rings. The number of aromatic nitrogens is 1. The standard InChI is InChI=1S/C17H16N2O2S2/c20-23(21,16-9-5-2-6-10-16)13-15-12-22-17(19-15)18-11-14-7-3-1-4-8-14/h1-10,12H,11,13H2,(H,18,19). The second-order valence-electron chi connectivity index (χ2n) is 5.06. The summed E-state index contributed by atoms with van der Waals surface area (Å²) >= 11 is 1.42. The van der Waals surface area contributed by atoms with E-state index in [2.05, 4.69) is 10.3 Å². The summed E-state index contributed by atoms with van der Waals surface area (Å²) in [5.74, 6) is -0.0828. The minimum Gasteiger partial charge on any atom is -0.357 e. The highest BCUT2D eigenvalue weighted by Gasteiger charge is 2.16. The summed E-state index contributed by atoms with van der Waals surface area (Å²) in [4.78, 5) is 4.69. The monoisotopic (exact) mass is 344 g/mol. The highest BCUT2D eigenvalue weighted by molar-refractivity contribution is 7.90. The summed E-state index contributed by atoms with van der Waals surface area (Å²) in [6.45, 7) is 0.666. The third-order valence-electron chi connectivity index (χ3n) is 3.28. The number of hydrogen-bond donors (Lipinski definition) is 1. The molecule has 1 heterocycles. The molecule has 2 aromatic carbocycles. The van der Waals surface area contributed by atoms with Crippen LogP contribution in [-0.2, 0) is 22.1 Å². The second kappa shape index (κ2) is 6.93. The number of sulfone groups is 1. The van der Waals surface area contributed by atoms with Crippen molar-refractivity contribution in [3.63, 3.8) is 0 Å². The summed E-state index contributed by atoms with van der Waals surface area (Å²) in [7, 11) is -3.35. The average molecular weight is 344 g/mol. The summed E-state index contributed by atoms with van der Waals surface area (Å²) in [5.41, 5.74) is 1.72. The van der Waals surface area contributed by atoms with Gasteiger partial charge in [0.1, 0.15) is 0 Å². The van der Waals surface area contributed by atoms with Gasteiger partial charge in [0.05, 0.1) is 16.3 Å². The Morgan fingerprint density at radius 3 is 2.30 bits per heavy atom. The molecular formula is C17H16N2O2S2. The molecule has 0 spiro atoms. The van der Waals surface area contributed by atoms with Crippen molar-refractivity contribution < 1.29 is 8.42 Å². The molecule has 1 N–H and O–H groups in total. The minimum absolute atomic E-state index is 0.0828. The maximum absolute atomic E-state index is 12.3. The quantitative estimate of drug-likeness (QED) is 0.740. The molecule has 3 rings (SSSR count). The first kappa shape index (κ1) is 15.7. The Hall–Kier alpha value is -2.18. The van der Waals surface area contributed by atoms with Gasteiger partial charge in [0.25, 0.3) is 0 Å². The molecule has 0 atom stereocenters. The Labute approximate surface area is 139 Å². The third-order valence-corrected chi connectivity index (χ3v) is 5.79. The number of nitrogens with zero attached hydrogens (tertiary/aromatic N) is 1. The van der Waals surface area contributed by atoms with Crippen molar-refractivity contribution in [2.24, 2.45) is 0 Å². The number of nitrogens with one attached hydrogen (secondary N) is 1. The molecule has 4 nitrogen and oxygen atoms in total. The molecular weight excluding hydrogens is 328 g/mol. The Morgan fingerprint density at radius 2 is 1.61 bits per heavy atom. The van der Waals surface area contributed by atoms with Crippen molar-refractivity contribution in [1.82, 2.24) is 4.98 Å². The molecule has 0 amide bonds. The average Bonchev–Trinajstić information content (AvgIpc) is 3.01. The lowest BCUT2D eigenvalue weighted by molar-refractivity contribution is 0.595. The van der Waals surface area contributed by atoms with Gasteiger partial charge in [-0.1, -0.05) is 48.5 Å². The van der Waals surface area contributed by atoms with E-state index in [1.165, 1.54) is 11.3 Å². The highest BCUT2D eigenvalue weighted by Crippen LogP contribution is 2.21. The zero-order chi connectivity index (χ0) is 16.1. The van der Waals surface area contributed by atoms with Gasteiger partial charge in [-0.15, -0.1) is 11.3 Å². The van der Waals surface area contributed by atoms with Crippen molar-refractivity contribution >= 4 is 26.3 Å². The summed E-state index contributed by atoms with van der Waals surface area (Å²) < 4.78 is 24.7. The van der Waals surface area contributed by atoms with Gasteiger partial charge in [0, 0.05) is 11.9 Å². The molecule has 0 unspecified atom stereocenters. The first-order chi connectivity index (χ1) is 11.1. The first-order valence-corrected chi connectivity index (χ1v) is 9.67. The minimum atomic E-state index is -3.35. The maximum Gasteiger partial charge on any atom is 0.184 e. The van der Waals surface area contributed by atoms with Crippen LogP contribution in [0.3, 0.4) is 0 Å². The number of hydrogen-bond acceptors (Lipinski definition) is 5. The van der Waals surface area contributed by atoms with Crippen molar-refractivity contribution in [3.05, 3.63) is 77.3 Å². The lowest BCUT2D eigenvalue weighted by Gasteiger charge is -2.03. The van der Waals surface area contributed by atoms with E-state index in [0.717, 1.165) is 10.7 Å². The van der Waals surface area contributed by atoms with Gasteiger partial charge >= 0.3 is 0 Å². The van der Waals surface area contributed by atoms with E-state index in [-0.39, 0.29) is 5.75 Å². The fourth-order valence-electron chi connectivity index (χ4n) is 2.13. The molecule has 0 aliphatic rings. The zero-order valence-corrected chi connectivity index (χ0v) is 14.0. The molecule has 0 saturated heterocycles. The largest absolute Gasteiger partial charge is 0.357 e. The van der Waals surface area contributed by atoms with Crippen LogP contribution in [0.25, 0.3) is 0 Å². The normalized spacial score (nSPS) is 11.3. The lowest BCUT2D eigenvalue weighted by Crippen LogP contribution is -2.05. The number of benzene rings is 2. The SMILES string of the molecule is O=S(=O)(Cc1csc(NCc2ccccc2)n1)c1ccccc1. The number of anilines is 1. The zero-order valence-electron chi connectivity index (χ0n) is 12.3. The van der Waals surface area contributed by atoms with Crippen LogP contribution in [0.15, 0.2) is 70.9 Å². The highest BCUT2D eigenvalue weighted by atomic mass is 32.2. The Balaban J connectivity index is 1.65. The van der Waals surface area contributed by atoms with Gasteiger partial charge in [-0.2, -0.15) is 0 Å². The van der Waals surface area contributed by atoms with Gasteiger partial charge in [0.15, 0.2) is 15.0 Å². The van der Waals surface area contributed by atoms with E-state index in [1.807, 2.05) is 30.3 Å². The molecule has 118 valence electrons. The van der Waals surface area contributed by atoms with Crippen molar-refractivity contribution in [2.45, 2.75) is 17.2 Å². The molecule has 3 aromatic rings. The topological polar surface area (TPSA) is 59.1 Å². The van der Waals surface area contributed by atoms with E-state index in [9.17, 15) is 8.42 Å². The lowest BCUT2D eigenvalue weighted by atomic mass is 10.2. The molecule has 6 heteroatoms. The predicted octanol–water partition coefficient (Wildman–Crippen LogP) is 3.73. The Bertz CT molecular complexity index is 860. The van der Waals surface area contributed by atoms with E-state index in [1.54, 1.807) is 35.7 Å². The Morgan fingerprint density at radius 1 is 0.957 bits per heavy atom. The third kappa shape index (κ3) is 4.18. The number of thiazole rings is 1. The fraction of sp³-hybridized carbons (Fsp3) is 0.118. The van der Waals surface area contributed by atoms with Gasteiger partial charge in [0.2, 0.25) is 0 Å². The van der Waals surface area contributed by atoms with E-state index < -0.39 is 9.84 Å². The van der Waals surface area contributed by atoms with Crippen LogP contribution in [0, 0.1) is 0 Å². The summed E-state index contributed by atoms with van der Waals surface area (Å²) in [5, 5.41) is 5.73. The fourth-order valence-corrected chi connectivity index (χ4v) is 4.22. The molecule has 1 aromatic heterocycles. The van der Waals surface area contributed by atoms with Crippen molar-refractivity contribution in [1.29, 1.82) is 0 Å². The molecule has 0 saturated carbocycles. The first-order valence-electron chi connectivity index (χ1n) is 7.13. The van der Waals surface area contributed by atoms with Crippen LogP contribution in [0.4, 0.5) is 5.13 Å². The van der Waals surface area contributed by atoms with Crippen LogP contribution in [0.5, 0.6) is 0 Å². The summed E-state index contributed by atoms with van der Waals surface area (Å²) in [6.07, 6.45) is 0.